The summed E-state index contributed by atoms with van der Waals surface area (Å²) in [5, 5.41) is 16.8. The molecule has 8 nitrogen and oxygen atoms in total. The van der Waals surface area contributed by atoms with Gasteiger partial charge in [0, 0.05) is 25.7 Å². The third-order valence-electron chi connectivity index (χ3n) is 4.23. The van der Waals surface area contributed by atoms with E-state index in [1.54, 1.807) is 22.9 Å². The van der Waals surface area contributed by atoms with E-state index in [1.165, 1.54) is 12.1 Å². The van der Waals surface area contributed by atoms with Crippen molar-refractivity contribution in [2.24, 2.45) is 5.92 Å². The average molecular weight is 371 g/mol. The smallest absolute Gasteiger partial charge is 0.290 e. The molecule has 2 heterocycles. The first-order valence-electron chi connectivity index (χ1n) is 7.59. The number of phenols is 1. The van der Waals surface area contributed by atoms with Crippen molar-refractivity contribution in [2.75, 3.05) is 33.4 Å². The molecular formula is C16H19ClN2O6. The van der Waals surface area contributed by atoms with Crippen molar-refractivity contribution >= 4 is 29.9 Å². The standard InChI is InChI=1S/C15H17ClN2O4.CH2O2/c1-17-11-6-18(5-10(14(17)20)7-22-8-11)15(21)9-2-3-12(16)13(19)4-9;2-1-3/h2-4,10-11,19H,5-8H2,1H3;1H,(H,2,3)/t10-,11+;/m1./s1. The Morgan fingerprint density at radius 3 is 2.68 bits per heavy atom. The van der Waals surface area contributed by atoms with Gasteiger partial charge in [0.2, 0.25) is 5.91 Å². The van der Waals surface area contributed by atoms with Gasteiger partial charge >= 0.3 is 0 Å². The number of likely N-dealkylation sites (N-methyl/N-ethyl adjacent to an activating group) is 1. The summed E-state index contributed by atoms with van der Waals surface area (Å²) in [6.07, 6.45) is 0. The highest BCUT2D eigenvalue weighted by atomic mass is 35.5. The Kier molecular flexibility index (Phi) is 6.22. The molecule has 2 aliphatic rings. The Labute approximate surface area is 149 Å². The molecule has 0 aliphatic carbocycles. The van der Waals surface area contributed by atoms with Crippen molar-refractivity contribution in [2.45, 2.75) is 6.04 Å². The van der Waals surface area contributed by atoms with Gasteiger partial charge < -0.3 is 24.7 Å². The van der Waals surface area contributed by atoms with Crippen LogP contribution in [-0.4, -0.2) is 77.7 Å². The molecule has 0 spiro atoms. The fraction of sp³-hybridized carbons (Fsp3) is 0.438. The summed E-state index contributed by atoms with van der Waals surface area (Å²) >= 11 is 5.77. The van der Waals surface area contributed by atoms with E-state index in [0.717, 1.165) is 0 Å². The van der Waals surface area contributed by atoms with Gasteiger partial charge in [-0.2, -0.15) is 0 Å². The normalized spacial score (nSPS) is 22.6. The molecule has 2 atom stereocenters. The number of hydrogen-bond donors (Lipinski definition) is 2. The Hall–Kier alpha value is -2.32. The predicted octanol–water partition coefficient (Wildman–Crippen LogP) is 0.676. The van der Waals surface area contributed by atoms with E-state index >= 15 is 0 Å². The molecule has 136 valence electrons. The summed E-state index contributed by atoms with van der Waals surface area (Å²) in [4.78, 5) is 36.6. The van der Waals surface area contributed by atoms with Crippen LogP contribution in [0.3, 0.4) is 0 Å². The Morgan fingerprint density at radius 1 is 1.36 bits per heavy atom. The Morgan fingerprint density at radius 2 is 2.04 bits per heavy atom. The van der Waals surface area contributed by atoms with E-state index in [-0.39, 0.29) is 41.0 Å². The SMILES string of the molecule is CN1C(=O)[C@H]2COC[C@@H]1CN(C(=O)c1ccc(Cl)c(O)c1)C2.O=CO. The average Bonchev–Trinajstić information content (AvgIpc) is 2.75. The summed E-state index contributed by atoms with van der Waals surface area (Å²) in [6.45, 7) is 1.24. The van der Waals surface area contributed by atoms with Crippen molar-refractivity contribution in [3.8, 4) is 5.75 Å². The van der Waals surface area contributed by atoms with Crippen molar-refractivity contribution in [3.05, 3.63) is 28.8 Å². The molecule has 2 saturated heterocycles. The van der Waals surface area contributed by atoms with E-state index in [4.69, 9.17) is 26.2 Å². The topological polar surface area (TPSA) is 107 Å². The van der Waals surface area contributed by atoms with Gasteiger partial charge in [0.05, 0.1) is 30.2 Å². The first-order chi connectivity index (χ1) is 11.9. The third kappa shape index (κ3) is 4.21. The number of fused-ring (bicyclic) bond motifs is 3. The molecule has 25 heavy (non-hydrogen) atoms. The maximum Gasteiger partial charge on any atom is 0.290 e. The number of benzene rings is 1. The van der Waals surface area contributed by atoms with Gasteiger partial charge in [-0.1, -0.05) is 11.6 Å². The van der Waals surface area contributed by atoms with E-state index in [1.807, 2.05) is 0 Å². The number of phenolic OH excluding ortho intramolecular Hbond substituents is 1. The van der Waals surface area contributed by atoms with Crippen LogP contribution in [0.15, 0.2) is 18.2 Å². The highest BCUT2D eigenvalue weighted by Gasteiger charge is 2.38. The molecule has 2 bridgehead atoms. The number of carbonyl (C=O) groups excluding carboxylic acids is 2. The lowest BCUT2D eigenvalue weighted by Crippen LogP contribution is -2.45. The number of amides is 2. The van der Waals surface area contributed by atoms with E-state index < -0.39 is 0 Å². The number of hydrogen-bond acceptors (Lipinski definition) is 5. The molecule has 2 aliphatic heterocycles. The minimum Gasteiger partial charge on any atom is -0.506 e. The molecule has 2 N–H and O–H groups in total. The van der Waals surface area contributed by atoms with Crippen molar-refractivity contribution in [1.29, 1.82) is 0 Å². The second-order valence-corrected chi connectivity index (χ2v) is 6.23. The summed E-state index contributed by atoms with van der Waals surface area (Å²) in [5.74, 6) is -0.676. The number of nitrogens with zero attached hydrogens (tertiary/aromatic N) is 2. The minimum absolute atomic E-state index is 0.0109. The van der Waals surface area contributed by atoms with E-state index in [9.17, 15) is 14.7 Å². The molecule has 0 unspecified atom stereocenters. The number of ether oxygens (including phenoxy) is 1. The summed E-state index contributed by atoms with van der Waals surface area (Å²) in [7, 11) is 1.75. The van der Waals surface area contributed by atoms with Crippen LogP contribution in [0, 0.1) is 5.92 Å². The van der Waals surface area contributed by atoms with Crippen LogP contribution in [0.1, 0.15) is 10.4 Å². The van der Waals surface area contributed by atoms with Gasteiger partial charge in [-0.15, -0.1) is 0 Å². The number of carbonyl (C=O) groups is 3. The lowest BCUT2D eigenvalue weighted by Gasteiger charge is -2.29. The number of carboxylic acid groups (broad SMARTS) is 1. The minimum atomic E-state index is -0.345. The second-order valence-electron chi connectivity index (χ2n) is 5.82. The van der Waals surface area contributed by atoms with Gasteiger partial charge in [0.15, 0.2) is 0 Å². The van der Waals surface area contributed by atoms with Gasteiger partial charge in [-0.3, -0.25) is 14.4 Å². The molecular weight excluding hydrogens is 352 g/mol. The molecule has 0 radical (unpaired) electrons. The van der Waals surface area contributed by atoms with Crippen LogP contribution >= 0.6 is 11.6 Å². The molecule has 1 aromatic carbocycles. The molecule has 2 amide bonds. The van der Waals surface area contributed by atoms with Crippen molar-refractivity contribution < 1.29 is 29.3 Å². The Bertz CT molecular complexity index is 668. The van der Waals surface area contributed by atoms with Crippen molar-refractivity contribution in [1.82, 2.24) is 9.80 Å². The zero-order valence-corrected chi connectivity index (χ0v) is 14.3. The maximum absolute atomic E-state index is 12.7. The maximum atomic E-state index is 12.7. The fourth-order valence-electron chi connectivity index (χ4n) is 2.89. The van der Waals surface area contributed by atoms with Crippen LogP contribution in [0.5, 0.6) is 5.75 Å². The zero-order valence-electron chi connectivity index (χ0n) is 13.6. The van der Waals surface area contributed by atoms with Gasteiger partial charge in [0.1, 0.15) is 5.75 Å². The van der Waals surface area contributed by atoms with Gasteiger partial charge in [-0.05, 0) is 18.2 Å². The highest BCUT2D eigenvalue weighted by Crippen LogP contribution is 2.26. The molecule has 9 heteroatoms. The van der Waals surface area contributed by atoms with Crippen LogP contribution in [0.25, 0.3) is 0 Å². The van der Waals surface area contributed by atoms with E-state index in [2.05, 4.69) is 0 Å². The second kappa shape index (κ2) is 8.17. The molecule has 3 rings (SSSR count). The van der Waals surface area contributed by atoms with Gasteiger partial charge in [-0.25, -0.2) is 0 Å². The molecule has 1 aromatic rings. The highest BCUT2D eigenvalue weighted by molar-refractivity contribution is 6.32. The number of rotatable bonds is 1. The number of aromatic hydroxyl groups is 1. The zero-order chi connectivity index (χ0) is 18.6. The number of halogens is 1. The lowest BCUT2D eigenvalue weighted by molar-refractivity contribution is -0.134. The first kappa shape index (κ1) is 19.0. The van der Waals surface area contributed by atoms with Gasteiger partial charge in [0.25, 0.3) is 12.4 Å². The van der Waals surface area contributed by atoms with Crippen LogP contribution in [0.2, 0.25) is 5.02 Å². The molecule has 0 aromatic heterocycles. The third-order valence-corrected chi connectivity index (χ3v) is 4.55. The predicted molar refractivity (Wildman–Crippen MR) is 88.6 cm³/mol. The fourth-order valence-corrected chi connectivity index (χ4v) is 3.01. The largest absolute Gasteiger partial charge is 0.506 e. The quantitative estimate of drug-likeness (QED) is 0.704. The molecule has 0 saturated carbocycles. The van der Waals surface area contributed by atoms with Crippen molar-refractivity contribution in [3.63, 3.8) is 0 Å². The molecule has 2 fully saturated rings. The summed E-state index contributed by atoms with van der Waals surface area (Å²) < 4.78 is 5.51. The monoisotopic (exact) mass is 370 g/mol. The first-order valence-corrected chi connectivity index (χ1v) is 7.96. The van der Waals surface area contributed by atoms with Crippen LogP contribution in [0.4, 0.5) is 0 Å². The van der Waals surface area contributed by atoms with Crippen LogP contribution in [-0.2, 0) is 14.3 Å². The van der Waals surface area contributed by atoms with E-state index in [0.29, 0.717) is 31.9 Å². The Balaban J connectivity index is 0.000000701. The summed E-state index contributed by atoms with van der Waals surface area (Å²) in [5.41, 5.74) is 0.359. The lowest BCUT2D eigenvalue weighted by atomic mass is 10.1. The summed E-state index contributed by atoms with van der Waals surface area (Å²) in [6, 6.07) is 4.27. The van der Waals surface area contributed by atoms with Crippen LogP contribution < -0.4 is 0 Å².